The van der Waals surface area contributed by atoms with E-state index in [4.69, 9.17) is 18.6 Å². The number of furan rings is 1. The highest BCUT2D eigenvalue weighted by Gasteiger charge is 2.35. The summed E-state index contributed by atoms with van der Waals surface area (Å²) >= 11 is 0. The van der Waals surface area contributed by atoms with Gasteiger partial charge in [0.15, 0.2) is 0 Å². The van der Waals surface area contributed by atoms with E-state index >= 15 is 0 Å². The van der Waals surface area contributed by atoms with Crippen molar-refractivity contribution in [3.8, 4) is 17.2 Å². The summed E-state index contributed by atoms with van der Waals surface area (Å²) in [5, 5.41) is 5.77. The Morgan fingerprint density at radius 1 is 1.03 bits per heavy atom. The molecule has 0 aliphatic carbocycles. The molecule has 0 radical (unpaired) electrons. The van der Waals surface area contributed by atoms with Crippen molar-refractivity contribution >= 4 is 17.9 Å². The lowest BCUT2D eigenvalue weighted by Gasteiger charge is -2.38. The second-order valence-corrected chi connectivity index (χ2v) is 8.75. The van der Waals surface area contributed by atoms with Gasteiger partial charge in [-0.25, -0.2) is 0 Å². The summed E-state index contributed by atoms with van der Waals surface area (Å²) < 4.78 is 22.0. The Balaban J connectivity index is 1.61. The minimum absolute atomic E-state index is 0.0505. The number of carbonyl (C=O) groups is 2. The largest absolute Gasteiger partial charge is 0.497 e. The normalized spacial score (nSPS) is 16.5. The molecule has 2 N–H and O–H groups in total. The smallest absolute Gasteiger partial charge is 0.268 e. The first kappa shape index (κ1) is 23.9. The zero-order valence-corrected chi connectivity index (χ0v) is 20.1. The number of benzene rings is 2. The molecule has 1 aromatic heterocycles. The SMILES string of the molecule is COc1ccc(C(=O)N/C(=C\c2ccco2)C(=O)N[C@H]2CC(C)(C)Oc3ccc(OC)cc32)cc1. The van der Waals surface area contributed by atoms with Crippen LogP contribution in [0.25, 0.3) is 6.08 Å². The highest BCUT2D eigenvalue weighted by Crippen LogP contribution is 2.41. The molecular formula is C27H28N2O6. The molecule has 1 aliphatic heterocycles. The molecular weight excluding hydrogens is 448 g/mol. The lowest BCUT2D eigenvalue weighted by Crippen LogP contribution is -2.43. The van der Waals surface area contributed by atoms with Crippen molar-refractivity contribution in [1.82, 2.24) is 10.6 Å². The maximum atomic E-state index is 13.5. The van der Waals surface area contributed by atoms with Crippen LogP contribution in [-0.2, 0) is 4.79 Å². The van der Waals surface area contributed by atoms with Gasteiger partial charge in [0.05, 0.1) is 26.5 Å². The average molecular weight is 477 g/mol. The van der Waals surface area contributed by atoms with Crippen molar-refractivity contribution in [2.75, 3.05) is 14.2 Å². The third-order valence-corrected chi connectivity index (χ3v) is 5.65. The molecule has 35 heavy (non-hydrogen) atoms. The van der Waals surface area contributed by atoms with Crippen molar-refractivity contribution < 1.29 is 28.2 Å². The molecule has 0 saturated carbocycles. The minimum atomic E-state index is -0.503. The van der Waals surface area contributed by atoms with Crippen LogP contribution >= 0.6 is 0 Å². The van der Waals surface area contributed by atoms with Crippen molar-refractivity contribution in [2.24, 2.45) is 0 Å². The third-order valence-electron chi connectivity index (χ3n) is 5.65. The van der Waals surface area contributed by atoms with Gasteiger partial charge in [-0.1, -0.05) is 0 Å². The van der Waals surface area contributed by atoms with E-state index in [2.05, 4.69) is 10.6 Å². The molecule has 2 heterocycles. The van der Waals surface area contributed by atoms with Crippen LogP contribution < -0.4 is 24.8 Å². The van der Waals surface area contributed by atoms with E-state index in [9.17, 15) is 9.59 Å². The van der Waals surface area contributed by atoms with E-state index in [0.717, 1.165) is 5.56 Å². The van der Waals surface area contributed by atoms with Crippen LogP contribution in [0, 0.1) is 0 Å². The number of rotatable bonds is 7. The zero-order valence-electron chi connectivity index (χ0n) is 20.1. The molecule has 4 rings (SSSR count). The summed E-state index contributed by atoms with van der Waals surface area (Å²) in [5.74, 6) is 1.49. The summed E-state index contributed by atoms with van der Waals surface area (Å²) in [6.45, 7) is 3.93. The van der Waals surface area contributed by atoms with Crippen LogP contribution in [-0.4, -0.2) is 31.6 Å². The van der Waals surface area contributed by atoms with Crippen LogP contribution in [0.4, 0.5) is 0 Å². The van der Waals surface area contributed by atoms with E-state index in [1.165, 1.54) is 12.3 Å². The number of fused-ring (bicyclic) bond motifs is 1. The third kappa shape index (κ3) is 5.66. The molecule has 0 fully saturated rings. The Bertz CT molecular complexity index is 1230. The van der Waals surface area contributed by atoms with Gasteiger partial charge in [0.2, 0.25) is 0 Å². The molecule has 3 aromatic rings. The summed E-state index contributed by atoms with van der Waals surface area (Å²) in [5.41, 5.74) is 0.730. The summed E-state index contributed by atoms with van der Waals surface area (Å²) in [6, 6.07) is 15.1. The Labute approximate surface area is 203 Å². The van der Waals surface area contributed by atoms with Gasteiger partial charge in [0, 0.05) is 23.6 Å². The van der Waals surface area contributed by atoms with Crippen molar-refractivity contribution in [1.29, 1.82) is 0 Å². The second-order valence-electron chi connectivity index (χ2n) is 8.75. The monoisotopic (exact) mass is 476 g/mol. The maximum Gasteiger partial charge on any atom is 0.268 e. The Hall–Kier alpha value is -4.20. The van der Waals surface area contributed by atoms with E-state index in [-0.39, 0.29) is 11.7 Å². The fraction of sp³-hybridized carbons (Fsp3) is 0.259. The number of hydrogen-bond donors (Lipinski definition) is 2. The van der Waals surface area contributed by atoms with Gasteiger partial charge in [-0.15, -0.1) is 0 Å². The fourth-order valence-corrected chi connectivity index (χ4v) is 3.94. The summed E-state index contributed by atoms with van der Waals surface area (Å²) in [7, 11) is 3.14. The van der Waals surface area contributed by atoms with Crippen molar-refractivity contribution in [3.05, 3.63) is 83.4 Å². The van der Waals surface area contributed by atoms with E-state index in [1.807, 2.05) is 32.0 Å². The molecule has 1 aliphatic rings. The molecule has 1 atom stereocenters. The molecule has 0 saturated heterocycles. The molecule has 2 aromatic carbocycles. The van der Waals surface area contributed by atoms with Gasteiger partial charge < -0.3 is 29.3 Å². The highest BCUT2D eigenvalue weighted by molar-refractivity contribution is 6.05. The number of hydrogen-bond acceptors (Lipinski definition) is 6. The standard InChI is InChI=1S/C27H28N2O6/c1-27(2)16-23(21-14-19(33-4)11-12-24(21)35-27)29-26(31)22(15-20-6-5-13-34-20)28-25(30)17-7-9-18(32-3)10-8-17/h5-15,23H,16H2,1-4H3,(H,28,30)(H,29,31)/b22-15-/t23-/m0/s1. The lowest BCUT2D eigenvalue weighted by molar-refractivity contribution is -0.119. The second kappa shape index (κ2) is 9.97. The molecule has 2 amide bonds. The molecule has 8 heteroatoms. The van der Waals surface area contributed by atoms with Crippen LogP contribution in [0.2, 0.25) is 0 Å². The van der Waals surface area contributed by atoms with Gasteiger partial charge in [-0.3, -0.25) is 9.59 Å². The molecule has 8 nitrogen and oxygen atoms in total. The minimum Gasteiger partial charge on any atom is -0.497 e. The topological polar surface area (TPSA) is 99.0 Å². The van der Waals surface area contributed by atoms with Gasteiger partial charge in [0.1, 0.15) is 34.3 Å². The molecule has 0 unspecified atom stereocenters. The Morgan fingerprint density at radius 2 is 1.74 bits per heavy atom. The molecule has 0 bridgehead atoms. The first-order chi connectivity index (χ1) is 16.8. The number of methoxy groups -OCH3 is 2. The molecule has 0 spiro atoms. The summed E-state index contributed by atoms with van der Waals surface area (Å²) in [4.78, 5) is 26.4. The van der Waals surface area contributed by atoms with Crippen molar-refractivity contribution in [3.63, 3.8) is 0 Å². The van der Waals surface area contributed by atoms with Crippen LogP contribution in [0.5, 0.6) is 17.2 Å². The van der Waals surface area contributed by atoms with Gasteiger partial charge >= 0.3 is 0 Å². The number of carbonyl (C=O) groups excluding carboxylic acids is 2. The van der Waals surface area contributed by atoms with Gasteiger partial charge in [-0.2, -0.15) is 0 Å². The highest BCUT2D eigenvalue weighted by atomic mass is 16.5. The Kier molecular flexibility index (Phi) is 6.82. The van der Waals surface area contributed by atoms with E-state index < -0.39 is 17.4 Å². The van der Waals surface area contributed by atoms with Crippen LogP contribution in [0.1, 0.15) is 48.0 Å². The van der Waals surface area contributed by atoms with Crippen molar-refractivity contribution in [2.45, 2.75) is 31.9 Å². The first-order valence-electron chi connectivity index (χ1n) is 11.2. The van der Waals surface area contributed by atoms with Gasteiger partial charge in [0.25, 0.3) is 11.8 Å². The Morgan fingerprint density at radius 3 is 2.40 bits per heavy atom. The molecule has 182 valence electrons. The zero-order chi connectivity index (χ0) is 25.0. The predicted molar refractivity (Wildman–Crippen MR) is 130 cm³/mol. The maximum absolute atomic E-state index is 13.5. The average Bonchev–Trinajstić information content (AvgIpc) is 3.36. The van der Waals surface area contributed by atoms with Crippen LogP contribution in [0.3, 0.4) is 0 Å². The first-order valence-corrected chi connectivity index (χ1v) is 11.2. The van der Waals surface area contributed by atoms with Crippen LogP contribution in [0.15, 0.2) is 71.0 Å². The van der Waals surface area contributed by atoms with E-state index in [0.29, 0.717) is 35.0 Å². The summed E-state index contributed by atoms with van der Waals surface area (Å²) in [6.07, 6.45) is 3.52. The number of nitrogens with one attached hydrogen (secondary N) is 2. The van der Waals surface area contributed by atoms with Gasteiger partial charge in [-0.05, 0) is 68.4 Å². The fourth-order valence-electron chi connectivity index (χ4n) is 3.94. The number of amides is 2. The predicted octanol–water partition coefficient (Wildman–Crippen LogP) is 4.49. The van der Waals surface area contributed by atoms with E-state index in [1.54, 1.807) is 50.6 Å². The quantitative estimate of drug-likeness (QED) is 0.488. The number of ether oxygens (including phenoxy) is 3. The lowest BCUT2D eigenvalue weighted by atomic mass is 9.89.